The van der Waals surface area contributed by atoms with Crippen LogP contribution in [0.3, 0.4) is 0 Å². The van der Waals surface area contributed by atoms with Crippen molar-refractivity contribution in [1.29, 1.82) is 0 Å². The second kappa shape index (κ2) is 13.2. The van der Waals surface area contributed by atoms with E-state index >= 15 is 0 Å². The Morgan fingerprint density at radius 1 is 0.179 bits per heavy atom. The maximum Gasteiger partial charge on any atom is -0.00201 e. The molecular weight excluding hydrogens is 673 g/mol. The molecule has 11 aromatic carbocycles. The van der Waals surface area contributed by atoms with Gasteiger partial charge in [-0.25, -0.2) is 0 Å². The van der Waals surface area contributed by atoms with Crippen LogP contribution in [0.15, 0.2) is 218 Å². The van der Waals surface area contributed by atoms with Crippen LogP contribution in [-0.2, 0) is 0 Å². The van der Waals surface area contributed by atoms with Gasteiger partial charge in [-0.1, -0.05) is 206 Å². The highest BCUT2D eigenvalue weighted by Gasteiger charge is 2.19. The summed E-state index contributed by atoms with van der Waals surface area (Å²) in [6.45, 7) is 0. The van der Waals surface area contributed by atoms with Crippen molar-refractivity contribution in [2.75, 3.05) is 0 Å². The summed E-state index contributed by atoms with van der Waals surface area (Å²) in [4.78, 5) is 0. The molecule has 260 valence electrons. The highest BCUT2D eigenvalue weighted by atomic mass is 14.2. The van der Waals surface area contributed by atoms with Gasteiger partial charge < -0.3 is 0 Å². The molecular formula is C56H36. The van der Waals surface area contributed by atoms with Gasteiger partial charge in [0.25, 0.3) is 0 Å². The molecule has 0 spiro atoms. The van der Waals surface area contributed by atoms with Gasteiger partial charge in [0, 0.05) is 0 Å². The standard InChI is InChI=1S/C56H36/c1-2-14-44-35-45(32-27-37(44)11-1)38-25-30-43(31-26-38)55-51-19-7-8-20-52(51)56(50-22-10-16-41-13-4-6-18-49(41)50)53-34-33-46(36-54(53)55)39-23-28-42(29-24-39)48-21-9-15-40-12-3-5-17-47(40)48/h1-36H. The highest BCUT2D eigenvalue weighted by molar-refractivity contribution is 6.24. The van der Waals surface area contributed by atoms with Crippen molar-refractivity contribution in [2.45, 2.75) is 0 Å². The lowest BCUT2D eigenvalue weighted by Gasteiger charge is -2.20. The summed E-state index contributed by atoms with van der Waals surface area (Å²) in [5.41, 5.74) is 12.3. The predicted molar refractivity (Wildman–Crippen MR) is 241 cm³/mol. The topological polar surface area (TPSA) is 0 Å². The van der Waals surface area contributed by atoms with Crippen LogP contribution in [0.2, 0.25) is 0 Å². The van der Waals surface area contributed by atoms with Gasteiger partial charge in [-0.15, -0.1) is 0 Å². The van der Waals surface area contributed by atoms with Crippen LogP contribution in [0, 0.1) is 0 Å². The SMILES string of the molecule is c1ccc2cc(-c3ccc(-c4c5ccccc5c(-c5cccc6ccccc56)c5ccc(-c6ccc(-c7cccc8ccccc78)cc6)cc45)cc3)ccc2c1. The summed E-state index contributed by atoms with van der Waals surface area (Å²) in [6, 6.07) is 80.4. The average molecular weight is 709 g/mol. The molecule has 0 aliphatic rings. The summed E-state index contributed by atoms with van der Waals surface area (Å²) in [7, 11) is 0. The zero-order chi connectivity index (χ0) is 37.0. The van der Waals surface area contributed by atoms with E-state index in [1.165, 1.54) is 109 Å². The van der Waals surface area contributed by atoms with E-state index in [1.54, 1.807) is 0 Å². The van der Waals surface area contributed by atoms with Crippen molar-refractivity contribution in [3.05, 3.63) is 218 Å². The first kappa shape index (κ1) is 32.2. The Kier molecular flexibility index (Phi) is 7.60. The molecule has 56 heavy (non-hydrogen) atoms. The fourth-order valence-corrected chi connectivity index (χ4v) is 8.92. The van der Waals surface area contributed by atoms with Gasteiger partial charge >= 0.3 is 0 Å². The predicted octanol–water partition coefficient (Wildman–Crippen LogP) is 15.8. The van der Waals surface area contributed by atoms with Crippen molar-refractivity contribution >= 4 is 53.9 Å². The molecule has 0 N–H and O–H groups in total. The third-order valence-electron chi connectivity index (χ3n) is 11.7. The van der Waals surface area contributed by atoms with Crippen LogP contribution in [0.1, 0.15) is 0 Å². The molecule has 0 aliphatic heterocycles. The second-order valence-corrected chi connectivity index (χ2v) is 14.8. The Bertz CT molecular complexity index is 3270. The number of rotatable bonds is 5. The smallest absolute Gasteiger partial charge is 0.00201 e. The first-order valence-corrected chi connectivity index (χ1v) is 19.4. The Balaban J connectivity index is 1.12. The lowest BCUT2D eigenvalue weighted by molar-refractivity contribution is 1.61. The lowest BCUT2D eigenvalue weighted by atomic mass is 9.83. The molecule has 0 bridgehead atoms. The third-order valence-corrected chi connectivity index (χ3v) is 11.7. The van der Waals surface area contributed by atoms with E-state index in [2.05, 4.69) is 218 Å². The highest BCUT2D eigenvalue weighted by Crippen LogP contribution is 2.46. The average Bonchev–Trinajstić information content (AvgIpc) is 3.27. The lowest BCUT2D eigenvalue weighted by Crippen LogP contribution is -1.92. The second-order valence-electron chi connectivity index (χ2n) is 14.8. The van der Waals surface area contributed by atoms with Crippen LogP contribution in [0.4, 0.5) is 0 Å². The minimum atomic E-state index is 1.20. The minimum Gasteiger partial charge on any atom is -0.0616 e. The van der Waals surface area contributed by atoms with Gasteiger partial charge in [0.1, 0.15) is 0 Å². The van der Waals surface area contributed by atoms with Crippen LogP contribution >= 0.6 is 0 Å². The molecule has 0 nitrogen and oxygen atoms in total. The number of hydrogen-bond donors (Lipinski definition) is 0. The quantitative estimate of drug-likeness (QED) is 0.156. The summed E-state index contributed by atoms with van der Waals surface area (Å²) in [5.74, 6) is 0. The Morgan fingerprint density at radius 3 is 1.29 bits per heavy atom. The van der Waals surface area contributed by atoms with Gasteiger partial charge in [0.15, 0.2) is 0 Å². The van der Waals surface area contributed by atoms with Crippen molar-refractivity contribution < 1.29 is 0 Å². The van der Waals surface area contributed by atoms with Crippen molar-refractivity contribution in [2.24, 2.45) is 0 Å². The molecule has 0 aromatic heterocycles. The van der Waals surface area contributed by atoms with Gasteiger partial charge in [-0.3, -0.25) is 0 Å². The summed E-state index contributed by atoms with van der Waals surface area (Å²) < 4.78 is 0. The van der Waals surface area contributed by atoms with Crippen LogP contribution < -0.4 is 0 Å². The maximum atomic E-state index is 2.43. The van der Waals surface area contributed by atoms with E-state index in [9.17, 15) is 0 Å². The monoisotopic (exact) mass is 708 g/mol. The van der Waals surface area contributed by atoms with E-state index in [0.717, 1.165) is 0 Å². The van der Waals surface area contributed by atoms with Crippen molar-refractivity contribution in [3.63, 3.8) is 0 Å². The molecule has 0 saturated carbocycles. The zero-order valence-corrected chi connectivity index (χ0v) is 30.8. The fourth-order valence-electron chi connectivity index (χ4n) is 8.92. The van der Waals surface area contributed by atoms with Gasteiger partial charge in [-0.2, -0.15) is 0 Å². The molecule has 0 fully saturated rings. The van der Waals surface area contributed by atoms with Gasteiger partial charge in [-0.05, 0) is 122 Å². The molecule has 0 aliphatic carbocycles. The number of hydrogen-bond acceptors (Lipinski definition) is 0. The van der Waals surface area contributed by atoms with Crippen molar-refractivity contribution in [1.82, 2.24) is 0 Å². The zero-order valence-electron chi connectivity index (χ0n) is 30.8. The number of benzene rings is 11. The normalized spacial score (nSPS) is 11.6. The first-order valence-electron chi connectivity index (χ1n) is 19.4. The molecule has 0 saturated heterocycles. The third kappa shape index (κ3) is 5.38. The largest absolute Gasteiger partial charge is 0.0616 e. The van der Waals surface area contributed by atoms with E-state index in [-0.39, 0.29) is 0 Å². The van der Waals surface area contributed by atoms with E-state index in [0.29, 0.717) is 0 Å². The fraction of sp³-hybridized carbons (Fsp3) is 0. The summed E-state index contributed by atoms with van der Waals surface area (Å²) in [6.07, 6.45) is 0. The molecule has 0 unspecified atom stereocenters. The molecule has 0 radical (unpaired) electrons. The van der Waals surface area contributed by atoms with Crippen LogP contribution in [0.5, 0.6) is 0 Å². The van der Waals surface area contributed by atoms with Crippen LogP contribution in [0.25, 0.3) is 109 Å². The van der Waals surface area contributed by atoms with Crippen LogP contribution in [-0.4, -0.2) is 0 Å². The van der Waals surface area contributed by atoms with E-state index < -0.39 is 0 Å². The Labute approximate surface area is 326 Å². The van der Waals surface area contributed by atoms with E-state index in [4.69, 9.17) is 0 Å². The maximum absolute atomic E-state index is 2.43. The summed E-state index contributed by atoms with van der Waals surface area (Å²) >= 11 is 0. The molecule has 0 heterocycles. The van der Waals surface area contributed by atoms with Gasteiger partial charge in [0.2, 0.25) is 0 Å². The van der Waals surface area contributed by atoms with Gasteiger partial charge in [0.05, 0.1) is 0 Å². The molecule has 11 rings (SSSR count). The Hall–Kier alpha value is -7.28. The molecule has 0 amide bonds. The first-order chi connectivity index (χ1) is 27.8. The molecule has 11 aromatic rings. The molecule has 0 heteroatoms. The molecule has 0 atom stereocenters. The minimum absolute atomic E-state index is 1.20. The summed E-state index contributed by atoms with van der Waals surface area (Å²) in [5, 5.41) is 12.6. The number of fused-ring (bicyclic) bond motifs is 5. The van der Waals surface area contributed by atoms with Crippen molar-refractivity contribution in [3.8, 4) is 55.6 Å². The Morgan fingerprint density at radius 2 is 0.607 bits per heavy atom. The van der Waals surface area contributed by atoms with E-state index in [1.807, 2.05) is 0 Å².